The van der Waals surface area contributed by atoms with Gasteiger partial charge < -0.3 is 0 Å². The molecule has 0 aromatic heterocycles. The lowest BCUT2D eigenvalue weighted by Gasteiger charge is -2.18. The Labute approximate surface area is 124 Å². The van der Waals surface area contributed by atoms with Gasteiger partial charge in [0.05, 0.1) is 6.04 Å². The lowest BCUT2D eigenvalue weighted by molar-refractivity contribution is 0.481. The summed E-state index contributed by atoms with van der Waals surface area (Å²) in [6.45, 7) is 0. The Kier molecular flexibility index (Phi) is 4.84. The van der Waals surface area contributed by atoms with E-state index in [-0.39, 0.29) is 6.04 Å². The Bertz CT molecular complexity index is 575. The zero-order chi connectivity index (χ0) is 13.8. The van der Waals surface area contributed by atoms with E-state index in [2.05, 4.69) is 28.0 Å². The van der Waals surface area contributed by atoms with Gasteiger partial charge in [0.15, 0.2) is 11.6 Å². The standard InChI is InChI=1S/C14H13F2IN2/c15-11-6-3-4-9(14(11)16)8-13(19-18)10-5-1-2-7-12(10)17/h1-7,13,19H,8,18H2. The number of hydrogen-bond donors (Lipinski definition) is 2. The third-order valence-electron chi connectivity index (χ3n) is 2.94. The van der Waals surface area contributed by atoms with Crippen LogP contribution in [0.25, 0.3) is 0 Å². The summed E-state index contributed by atoms with van der Waals surface area (Å²) >= 11 is 2.19. The van der Waals surface area contributed by atoms with Crippen molar-refractivity contribution >= 4 is 22.6 Å². The number of nitrogens with one attached hydrogen (secondary N) is 1. The SMILES string of the molecule is NNC(Cc1cccc(F)c1F)c1ccccc1I. The summed E-state index contributed by atoms with van der Waals surface area (Å²) in [5, 5.41) is 0. The van der Waals surface area contributed by atoms with Gasteiger partial charge in [-0.2, -0.15) is 0 Å². The summed E-state index contributed by atoms with van der Waals surface area (Å²) in [5.41, 5.74) is 3.94. The molecule has 100 valence electrons. The average molecular weight is 374 g/mol. The van der Waals surface area contributed by atoms with Crippen LogP contribution in [0.2, 0.25) is 0 Å². The Morgan fingerprint density at radius 1 is 1.11 bits per heavy atom. The molecule has 0 bridgehead atoms. The highest BCUT2D eigenvalue weighted by Gasteiger charge is 2.16. The molecule has 0 heterocycles. The van der Waals surface area contributed by atoms with E-state index in [0.29, 0.717) is 12.0 Å². The van der Waals surface area contributed by atoms with Gasteiger partial charge in [0.1, 0.15) is 0 Å². The predicted molar refractivity (Wildman–Crippen MR) is 79.3 cm³/mol. The fourth-order valence-electron chi connectivity index (χ4n) is 1.94. The number of hydrazine groups is 1. The van der Waals surface area contributed by atoms with Crippen LogP contribution in [0, 0.1) is 15.2 Å². The van der Waals surface area contributed by atoms with Gasteiger partial charge in [-0.25, -0.2) is 8.78 Å². The van der Waals surface area contributed by atoms with Crippen LogP contribution < -0.4 is 11.3 Å². The summed E-state index contributed by atoms with van der Waals surface area (Å²) in [6.07, 6.45) is 0.292. The second-order valence-electron chi connectivity index (χ2n) is 4.16. The van der Waals surface area contributed by atoms with Crippen molar-refractivity contribution in [3.8, 4) is 0 Å². The Hall–Kier alpha value is -1.05. The van der Waals surface area contributed by atoms with Crippen molar-refractivity contribution in [1.82, 2.24) is 5.43 Å². The van der Waals surface area contributed by atoms with Gasteiger partial charge in [0.25, 0.3) is 0 Å². The van der Waals surface area contributed by atoms with E-state index in [4.69, 9.17) is 5.84 Å². The van der Waals surface area contributed by atoms with Gasteiger partial charge in [0, 0.05) is 3.57 Å². The van der Waals surface area contributed by atoms with Crippen molar-refractivity contribution < 1.29 is 8.78 Å². The number of halogens is 3. The molecule has 0 aliphatic rings. The summed E-state index contributed by atoms with van der Waals surface area (Å²) in [7, 11) is 0. The van der Waals surface area contributed by atoms with Crippen molar-refractivity contribution in [3.05, 3.63) is 68.8 Å². The minimum absolute atomic E-state index is 0.260. The first-order valence-electron chi connectivity index (χ1n) is 5.77. The quantitative estimate of drug-likeness (QED) is 0.490. The number of rotatable bonds is 4. The molecule has 2 aromatic carbocycles. The number of benzene rings is 2. The van der Waals surface area contributed by atoms with Gasteiger partial charge in [-0.05, 0) is 52.3 Å². The van der Waals surface area contributed by atoms with Crippen LogP contribution in [0.15, 0.2) is 42.5 Å². The largest absolute Gasteiger partial charge is 0.271 e. The maximum Gasteiger partial charge on any atom is 0.162 e. The van der Waals surface area contributed by atoms with Crippen molar-refractivity contribution in [3.63, 3.8) is 0 Å². The van der Waals surface area contributed by atoms with Crippen molar-refractivity contribution in [2.75, 3.05) is 0 Å². The Balaban J connectivity index is 2.30. The van der Waals surface area contributed by atoms with Crippen LogP contribution in [0.1, 0.15) is 17.2 Å². The van der Waals surface area contributed by atoms with Crippen molar-refractivity contribution in [1.29, 1.82) is 0 Å². The van der Waals surface area contributed by atoms with Gasteiger partial charge in [-0.1, -0.05) is 30.3 Å². The maximum atomic E-state index is 13.7. The normalized spacial score (nSPS) is 12.4. The van der Waals surface area contributed by atoms with Crippen LogP contribution in [0.5, 0.6) is 0 Å². The van der Waals surface area contributed by atoms with Crippen molar-refractivity contribution in [2.45, 2.75) is 12.5 Å². The van der Waals surface area contributed by atoms with E-state index in [1.54, 1.807) is 6.07 Å². The second-order valence-corrected chi connectivity index (χ2v) is 5.32. The van der Waals surface area contributed by atoms with E-state index in [0.717, 1.165) is 15.2 Å². The van der Waals surface area contributed by atoms with Gasteiger partial charge in [-0.15, -0.1) is 0 Å². The van der Waals surface area contributed by atoms with Crippen molar-refractivity contribution in [2.24, 2.45) is 5.84 Å². The molecule has 0 radical (unpaired) electrons. The third kappa shape index (κ3) is 3.29. The van der Waals surface area contributed by atoms with E-state index < -0.39 is 11.6 Å². The molecule has 0 spiro atoms. The Morgan fingerprint density at radius 3 is 2.53 bits per heavy atom. The molecule has 2 nitrogen and oxygen atoms in total. The first-order valence-corrected chi connectivity index (χ1v) is 6.84. The Morgan fingerprint density at radius 2 is 1.84 bits per heavy atom. The molecule has 0 aliphatic heterocycles. The summed E-state index contributed by atoms with van der Waals surface area (Å²) in [6, 6.07) is 11.6. The van der Waals surface area contributed by atoms with Gasteiger partial charge in [-0.3, -0.25) is 11.3 Å². The van der Waals surface area contributed by atoms with Crippen LogP contribution in [0.3, 0.4) is 0 Å². The molecule has 1 unspecified atom stereocenters. The summed E-state index contributed by atoms with van der Waals surface area (Å²) < 4.78 is 27.9. The topological polar surface area (TPSA) is 38.0 Å². The minimum Gasteiger partial charge on any atom is -0.271 e. The smallest absolute Gasteiger partial charge is 0.162 e. The molecule has 2 rings (SSSR count). The molecule has 0 aliphatic carbocycles. The monoisotopic (exact) mass is 374 g/mol. The molecule has 1 atom stereocenters. The third-order valence-corrected chi connectivity index (χ3v) is 3.92. The molecule has 3 N–H and O–H groups in total. The van der Waals surface area contributed by atoms with E-state index >= 15 is 0 Å². The minimum atomic E-state index is -0.837. The fourth-order valence-corrected chi connectivity index (χ4v) is 2.71. The molecule has 0 saturated heterocycles. The molecule has 0 fully saturated rings. The highest BCUT2D eigenvalue weighted by atomic mass is 127. The average Bonchev–Trinajstić information content (AvgIpc) is 2.41. The zero-order valence-corrected chi connectivity index (χ0v) is 12.2. The molecular formula is C14H13F2IN2. The lowest BCUT2D eigenvalue weighted by Crippen LogP contribution is -2.30. The first-order chi connectivity index (χ1) is 9.13. The molecule has 19 heavy (non-hydrogen) atoms. The van der Waals surface area contributed by atoms with Crippen LogP contribution >= 0.6 is 22.6 Å². The first kappa shape index (κ1) is 14.4. The lowest BCUT2D eigenvalue weighted by atomic mass is 9.99. The van der Waals surface area contributed by atoms with Gasteiger partial charge in [0.2, 0.25) is 0 Å². The maximum absolute atomic E-state index is 13.7. The highest BCUT2D eigenvalue weighted by molar-refractivity contribution is 14.1. The highest BCUT2D eigenvalue weighted by Crippen LogP contribution is 2.24. The number of nitrogens with two attached hydrogens (primary N) is 1. The molecule has 2 aromatic rings. The van der Waals surface area contributed by atoms with Crippen LogP contribution in [-0.2, 0) is 6.42 Å². The van der Waals surface area contributed by atoms with E-state index in [1.165, 1.54) is 6.07 Å². The molecular weight excluding hydrogens is 361 g/mol. The van der Waals surface area contributed by atoms with Crippen LogP contribution in [0.4, 0.5) is 8.78 Å². The van der Waals surface area contributed by atoms with E-state index in [9.17, 15) is 8.78 Å². The zero-order valence-electron chi connectivity index (χ0n) is 10.0. The second kappa shape index (κ2) is 6.40. The summed E-state index contributed by atoms with van der Waals surface area (Å²) in [4.78, 5) is 0. The predicted octanol–water partition coefficient (Wildman–Crippen LogP) is 3.32. The van der Waals surface area contributed by atoms with Crippen LogP contribution in [-0.4, -0.2) is 0 Å². The summed E-state index contributed by atoms with van der Waals surface area (Å²) in [5.74, 6) is 3.89. The molecule has 5 heteroatoms. The molecule has 0 saturated carbocycles. The molecule has 0 amide bonds. The van der Waals surface area contributed by atoms with E-state index in [1.807, 2.05) is 24.3 Å². The van der Waals surface area contributed by atoms with Gasteiger partial charge >= 0.3 is 0 Å². The fraction of sp³-hybridized carbons (Fsp3) is 0.143. The number of hydrogen-bond acceptors (Lipinski definition) is 2.